The van der Waals surface area contributed by atoms with Crippen LogP contribution in [0.4, 0.5) is 5.69 Å². The van der Waals surface area contributed by atoms with Gasteiger partial charge in [0.25, 0.3) is 5.91 Å². The van der Waals surface area contributed by atoms with Crippen molar-refractivity contribution in [3.05, 3.63) is 59.7 Å². The van der Waals surface area contributed by atoms with E-state index in [9.17, 15) is 4.79 Å². The predicted molar refractivity (Wildman–Crippen MR) is 103 cm³/mol. The molecule has 0 radical (unpaired) electrons. The minimum atomic E-state index is -0.530. The fourth-order valence-electron chi connectivity index (χ4n) is 2.62. The molecule has 1 atom stereocenters. The average molecular weight is 340 g/mol. The van der Waals surface area contributed by atoms with E-state index in [-0.39, 0.29) is 5.91 Å². The number of aryl methyl sites for hydroxylation is 1. The van der Waals surface area contributed by atoms with Crippen LogP contribution in [-0.4, -0.2) is 25.1 Å². The maximum atomic E-state index is 12.2. The SMILES string of the molecule is CCN(CC)c1ccc(CNC(=O)C(C)Oc2ccc(C)cc2)cc1. The number of anilines is 1. The molecule has 0 bridgehead atoms. The maximum absolute atomic E-state index is 12.2. The normalized spacial score (nSPS) is 11.7. The zero-order chi connectivity index (χ0) is 18.2. The first-order valence-corrected chi connectivity index (χ1v) is 8.88. The summed E-state index contributed by atoms with van der Waals surface area (Å²) in [7, 11) is 0. The van der Waals surface area contributed by atoms with E-state index in [1.807, 2.05) is 31.2 Å². The summed E-state index contributed by atoms with van der Waals surface area (Å²) in [4.78, 5) is 14.5. The van der Waals surface area contributed by atoms with Crippen molar-refractivity contribution in [1.29, 1.82) is 0 Å². The van der Waals surface area contributed by atoms with E-state index in [0.717, 1.165) is 24.2 Å². The summed E-state index contributed by atoms with van der Waals surface area (Å²) in [6.45, 7) is 10.5. The van der Waals surface area contributed by atoms with Gasteiger partial charge < -0.3 is 15.0 Å². The van der Waals surface area contributed by atoms with Crippen molar-refractivity contribution in [2.24, 2.45) is 0 Å². The number of ether oxygens (including phenoxy) is 1. The van der Waals surface area contributed by atoms with E-state index in [2.05, 4.69) is 48.3 Å². The van der Waals surface area contributed by atoms with E-state index in [4.69, 9.17) is 4.74 Å². The van der Waals surface area contributed by atoms with Crippen molar-refractivity contribution < 1.29 is 9.53 Å². The summed E-state index contributed by atoms with van der Waals surface area (Å²) in [6, 6.07) is 16.0. The fraction of sp³-hybridized carbons (Fsp3) is 0.381. The first-order chi connectivity index (χ1) is 12.0. The number of nitrogens with one attached hydrogen (secondary N) is 1. The molecule has 0 aliphatic heterocycles. The second-order valence-corrected chi connectivity index (χ2v) is 6.13. The van der Waals surface area contributed by atoms with E-state index in [1.54, 1.807) is 6.92 Å². The first-order valence-electron chi connectivity index (χ1n) is 8.88. The zero-order valence-electron chi connectivity index (χ0n) is 15.6. The van der Waals surface area contributed by atoms with Gasteiger partial charge >= 0.3 is 0 Å². The van der Waals surface area contributed by atoms with Crippen LogP contribution in [0.3, 0.4) is 0 Å². The smallest absolute Gasteiger partial charge is 0.261 e. The van der Waals surface area contributed by atoms with Gasteiger partial charge in [-0.1, -0.05) is 29.8 Å². The molecule has 0 saturated carbocycles. The van der Waals surface area contributed by atoms with Crippen LogP contribution in [0.5, 0.6) is 5.75 Å². The summed E-state index contributed by atoms with van der Waals surface area (Å²) < 4.78 is 5.68. The number of hydrogen-bond donors (Lipinski definition) is 1. The molecule has 0 spiro atoms. The highest BCUT2D eigenvalue weighted by atomic mass is 16.5. The highest BCUT2D eigenvalue weighted by Gasteiger charge is 2.14. The predicted octanol–water partition coefficient (Wildman–Crippen LogP) is 3.92. The van der Waals surface area contributed by atoms with Crippen LogP contribution in [0, 0.1) is 6.92 Å². The van der Waals surface area contributed by atoms with E-state index >= 15 is 0 Å². The number of benzene rings is 2. The third-order valence-corrected chi connectivity index (χ3v) is 4.23. The van der Waals surface area contributed by atoms with Crippen LogP contribution in [0.25, 0.3) is 0 Å². The molecular formula is C21H28N2O2. The third kappa shape index (κ3) is 5.52. The molecule has 1 N–H and O–H groups in total. The molecule has 0 aliphatic carbocycles. The van der Waals surface area contributed by atoms with E-state index in [0.29, 0.717) is 12.3 Å². The number of amides is 1. The van der Waals surface area contributed by atoms with Crippen molar-refractivity contribution in [2.45, 2.75) is 40.3 Å². The fourth-order valence-corrected chi connectivity index (χ4v) is 2.62. The minimum Gasteiger partial charge on any atom is -0.481 e. The molecule has 0 aromatic heterocycles. The molecule has 0 heterocycles. The molecule has 0 saturated heterocycles. The number of nitrogens with zero attached hydrogens (tertiary/aromatic N) is 1. The summed E-state index contributed by atoms with van der Waals surface area (Å²) in [5, 5.41) is 2.93. The lowest BCUT2D eigenvalue weighted by Gasteiger charge is -2.21. The number of hydrogen-bond acceptors (Lipinski definition) is 3. The van der Waals surface area contributed by atoms with Crippen LogP contribution in [0.2, 0.25) is 0 Å². The number of carbonyl (C=O) groups is 1. The molecule has 2 aromatic carbocycles. The molecule has 0 fully saturated rings. The largest absolute Gasteiger partial charge is 0.481 e. The lowest BCUT2D eigenvalue weighted by molar-refractivity contribution is -0.127. The summed E-state index contributed by atoms with van der Waals surface area (Å²) in [5.74, 6) is 0.588. The first kappa shape index (κ1) is 18.8. The highest BCUT2D eigenvalue weighted by Crippen LogP contribution is 2.15. The van der Waals surface area contributed by atoms with Crippen LogP contribution in [0.15, 0.2) is 48.5 Å². The van der Waals surface area contributed by atoms with Gasteiger partial charge in [0.1, 0.15) is 5.75 Å². The van der Waals surface area contributed by atoms with Crippen LogP contribution >= 0.6 is 0 Å². The Kier molecular flexibility index (Phi) is 6.87. The zero-order valence-corrected chi connectivity index (χ0v) is 15.6. The molecule has 0 aliphatic rings. The summed E-state index contributed by atoms with van der Waals surface area (Å²) >= 11 is 0. The Balaban J connectivity index is 1.85. The average Bonchev–Trinajstić information content (AvgIpc) is 2.63. The van der Waals surface area contributed by atoms with Gasteiger partial charge in [-0.3, -0.25) is 4.79 Å². The minimum absolute atomic E-state index is 0.117. The van der Waals surface area contributed by atoms with Gasteiger partial charge in [-0.25, -0.2) is 0 Å². The van der Waals surface area contributed by atoms with Gasteiger partial charge in [0.05, 0.1) is 0 Å². The molecule has 25 heavy (non-hydrogen) atoms. The molecule has 1 unspecified atom stereocenters. The van der Waals surface area contributed by atoms with Gasteiger partial charge in [0, 0.05) is 25.3 Å². The van der Waals surface area contributed by atoms with Crippen LogP contribution in [0.1, 0.15) is 31.9 Å². The van der Waals surface area contributed by atoms with Gasteiger partial charge in [-0.05, 0) is 57.5 Å². The van der Waals surface area contributed by atoms with Crippen molar-refractivity contribution in [3.8, 4) is 5.75 Å². The number of carbonyl (C=O) groups excluding carboxylic acids is 1. The van der Waals surface area contributed by atoms with Gasteiger partial charge in [-0.15, -0.1) is 0 Å². The Hall–Kier alpha value is -2.49. The molecule has 1 amide bonds. The summed E-state index contributed by atoms with van der Waals surface area (Å²) in [6.07, 6.45) is -0.530. The topological polar surface area (TPSA) is 41.6 Å². The monoisotopic (exact) mass is 340 g/mol. The van der Waals surface area contributed by atoms with Crippen molar-refractivity contribution in [1.82, 2.24) is 5.32 Å². The Morgan fingerprint density at radius 1 is 1.04 bits per heavy atom. The van der Waals surface area contributed by atoms with Crippen molar-refractivity contribution >= 4 is 11.6 Å². The Morgan fingerprint density at radius 2 is 1.64 bits per heavy atom. The molecule has 2 rings (SSSR count). The van der Waals surface area contributed by atoms with E-state index < -0.39 is 6.10 Å². The molecular weight excluding hydrogens is 312 g/mol. The highest BCUT2D eigenvalue weighted by molar-refractivity contribution is 5.80. The van der Waals surface area contributed by atoms with Gasteiger partial charge in [-0.2, -0.15) is 0 Å². The van der Waals surface area contributed by atoms with Crippen LogP contribution < -0.4 is 15.0 Å². The van der Waals surface area contributed by atoms with Crippen LogP contribution in [-0.2, 0) is 11.3 Å². The molecule has 4 nitrogen and oxygen atoms in total. The molecule has 134 valence electrons. The lowest BCUT2D eigenvalue weighted by Crippen LogP contribution is -2.35. The Bertz CT molecular complexity index is 661. The molecule has 4 heteroatoms. The molecule has 2 aromatic rings. The standard InChI is InChI=1S/C21H28N2O2/c1-5-23(6-2)19-11-9-18(10-12-19)15-22-21(24)17(4)25-20-13-7-16(3)8-14-20/h7-14,17H,5-6,15H2,1-4H3,(H,22,24). The second kappa shape index (κ2) is 9.11. The Labute approximate surface area is 150 Å². The maximum Gasteiger partial charge on any atom is 0.261 e. The number of rotatable bonds is 8. The second-order valence-electron chi connectivity index (χ2n) is 6.13. The van der Waals surface area contributed by atoms with E-state index in [1.165, 1.54) is 5.69 Å². The van der Waals surface area contributed by atoms with Crippen molar-refractivity contribution in [2.75, 3.05) is 18.0 Å². The summed E-state index contributed by atoms with van der Waals surface area (Å²) in [5.41, 5.74) is 3.44. The van der Waals surface area contributed by atoms with Gasteiger partial charge in [0.15, 0.2) is 6.10 Å². The van der Waals surface area contributed by atoms with Crippen molar-refractivity contribution in [3.63, 3.8) is 0 Å². The Morgan fingerprint density at radius 3 is 2.20 bits per heavy atom. The van der Waals surface area contributed by atoms with Gasteiger partial charge in [0.2, 0.25) is 0 Å². The third-order valence-electron chi connectivity index (χ3n) is 4.23. The quantitative estimate of drug-likeness (QED) is 0.792. The lowest BCUT2D eigenvalue weighted by atomic mass is 10.2.